The molecule has 0 aliphatic carbocycles. The first-order valence-electron chi connectivity index (χ1n) is 15.4. The van der Waals surface area contributed by atoms with Crippen molar-refractivity contribution in [3.63, 3.8) is 0 Å². The number of amides is 2. The molecule has 0 bridgehead atoms. The van der Waals surface area contributed by atoms with Crippen LogP contribution in [-0.4, -0.2) is 80.0 Å². The molecule has 44 heavy (non-hydrogen) atoms. The van der Waals surface area contributed by atoms with Gasteiger partial charge in [0.15, 0.2) is 11.5 Å². The molecule has 0 N–H and O–H groups in total. The maximum atomic E-state index is 14.0. The molecular weight excluding hydrogens is 559 g/mol. The molecule has 0 aromatic heterocycles. The van der Waals surface area contributed by atoms with Crippen LogP contribution in [0.4, 0.5) is 10.1 Å². The van der Waals surface area contributed by atoms with Crippen molar-refractivity contribution in [1.82, 2.24) is 14.7 Å². The highest BCUT2D eigenvalue weighted by molar-refractivity contribution is 6.00. The molecule has 1 atom stereocenters. The Morgan fingerprint density at radius 2 is 1.70 bits per heavy atom. The van der Waals surface area contributed by atoms with Gasteiger partial charge in [0.05, 0.1) is 20.3 Å². The van der Waals surface area contributed by atoms with Gasteiger partial charge in [0.1, 0.15) is 5.82 Å². The van der Waals surface area contributed by atoms with Crippen LogP contribution in [-0.2, 0) is 17.9 Å². The Labute approximate surface area is 259 Å². The minimum atomic E-state index is -0.302. The summed E-state index contributed by atoms with van der Waals surface area (Å²) in [5.41, 5.74) is 4.80. The van der Waals surface area contributed by atoms with E-state index in [9.17, 15) is 14.0 Å². The van der Waals surface area contributed by atoms with E-state index in [1.54, 1.807) is 38.2 Å². The average Bonchev–Trinajstić information content (AvgIpc) is 3.38. The molecule has 0 unspecified atom stereocenters. The van der Waals surface area contributed by atoms with Crippen molar-refractivity contribution in [1.29, 1.82) is 0 Å². The lowest BCUT2D eigenvalue weighted by atomic mass is 9.99. The fourth-order valence-electron chi connectivity index (χ4n) is 6.39. The molecule has 3 aromatic carbocycles. The van der Waals surface area contributed by atoms with Crippen LogP contribution in [0.15, 0.2) is 60.7 Å². The van der Waals surface area contributed by atoms with Gasteiger partial charge in [-0.2, -0.15) is 0 Å². The van der Waals surface area contributed by atoms with E-state index >= 15 is 0 Å². The largest absolute Gasteiger partial charge is 0.493 e. The Morgan fingerprint density at radius 3 is 2.36 bits per heavy atom. The summed E-state index contributed by atoms with van der Waals surface area (Å²) in [6.07, 6.45) is 1.32. The van der Waals surface area contributed by atoms with Crippen molar-refractivity contribution >= 4 is 17.5 Å². The number of carbonyl (C=O) groups is 2. The molecule has 2 aliphatic rings. The molecule has 0 spiro atoms. The predicted molar refractivity (Wildman–Crippen MR) is 170 cm³/mol. The van der Waals surface area contributed by atoms with E-state index in [2.05, 4.69) is 22.8 Å². The summed E-state index contributed by atoms with van der Waals surface area (Å²) in [4.78, 5) is 35.2. The van der Waals surface area contributed by atoms with E-state index in [-0.39, 0.29) is 23.7 Å². The summed E-state index contributed by atoms with van der Waals surface area (Å²) < 4.78 is 24.6. The van der Waals surface area contributed by atoms with Crippen LogP contribution in [0.2, 0.25) is 0 Å². The number of fused-ring (bicyclic) bond motifs is 1. The second kappa shape index (κ2) is 14.1. The third-order valence-corrected chi connectivity index (χ3v) is 8.94. The third kappa shape index (κ3) is 6.83. The van der Waals surface area contributed by atoms with Gasteiger partial charge in [-0.25, -0.2) is 4.39 Å². The summed E-state index contributed by atoms with van der Waals surface area (Å²) in [6.45, 7) is 10.1. The molecule has 1 fully saturated rings. The van der Waals surface area contributed by atoms with Crippen molar-refractivity contribution < 1.29 is 23.5 Å². The minimum absolute atomic E-state index is 0.0172. The lowest BCUT2D eigenvalue weighted by Crippen LogP contribution is -2.46. The smallest absolute Gasteiger partial charge is 0.255 e. The van der Waals surface area contributed by atoms with Crippen LogP contribution in [0.5, 0.6) is 11.5 Å². The monoisotopic (exact) mass is 602 g/mol. The number of halogens is 1. The zero-order valence-corrected chi connectivity index (χ0v) is 26.2. The van der Waals surface area contributed by atoms with Gasteiger partial charge in [-0.15, -0.1) is 0 Å². The topological polar surface area (TPSA) is 65.6 Å². The van der Waals surface area contributed by atoms with Gasteiger partial charge in [-0.3, -0.25) is 9.59 Å². The minimum Gasteiger partial charge on any atom is -0.493 e. The van der Waals surface area contributed by atoms with Crippen molar-refractivity contribution in [2.24, 2.45) is 0 Å². The Kier molecular flexibility index (Phi) is 10.0. The second-order valence-corrected chi connectivity index (χ2v) is 11.5. The SMILES string of the molecule is CCN1CCN(c2cccc3c2CN([C@H](CCCN(Cc2ccc(F)cc2)C(C)=O)c2ccc(OC)c(OC)c2)C3=O)CC1. The Balaban J connectivity index is 1.39. The normalized spacial score (nSPS) is 15.7. The number of nitrogens with zero attached hydrogens (tertiary/aromatic N) is 4. The van der Waals surface area contributed by atoms with Gasteiger partial charge in [-0.1, -0.05) is 31.2 Å². The Hall–Kier alpha value is -4.11. The molecule has 9 heteroatoms. The highest BCUT2D eigenvalue weighted by Gasteiger charge is 2.36. The van der Waals surface area contributed by atoms with E-state index < -0.39 is 0 Å². The number of hydrogen-bond donors (Lipinski definition) is 0. The number of hydrogen-bond acceptors (Lipinski definition) is 6. The van der Waals surface area contributed by atoms with Crippen LogP contribution in [0.3, 0.4) is 0 Å². The molecule has 0 radical (unpaired) electrons. The molecule has 2 heterocycles. The maximum Gasteiger partial charge on any atom is 0.255 e. The van der Waals surface area contributed by atoms with Gasteiger partial charge in [-0.05, 0) is 66.9 Å². The van der Waals surface area contributed by atoms with Gasteiger partial charge in [0.2, 0.25) is 5.91 Å². The Morgan fingerprint density at radius 1 is 0.977 bits per heavy atom. The molecule has 5 rings (SSSR count). The van der Waals surface area contributed by atoms with Gasteiger partial charge in [0.25, 0.3) is 5.91 Å². The first-order chi connectivity index (χ1) is 21.3. The summed E-state index contributed by atoms with van der Waals surface area (Å²) in [7, 11) is 3.22. The fraction of sp³-hybridized carbons (Fsp3) is 0.429. The van der Waals surface area contributed by atoms with E-state index in [1.807, 2.05) is 35.2 Å². The second-order valence-electron chi connectivity index (χ2n) is 11.5. The lowest BCUT2D eigenvalue weighted by molar-refractivity contribution is -0.129. The first-order valence-corrected chi connectivity index (χ1v) is 15.4. The third-order valence-electron chi connectivity index (χ3n) is 8.94. The molecule has 1 saturated heterocycles. The number of benzene rings is 3. The molecule has 2 aliphatic heterocycles. The number of rotatable bonds is 12. The Bertz CT molecular complexity index is 1460. The van der Waals surface area contributed by atoms with Crippen molar-refractivity contribution in [2.45, 2.75) is 45.8 Å². The zero-order chi connectivity index (χ0) is 31.2. The highest BCUT2D eigenvalue weighted by Crippen LogP contribution is 2.40. The number of ether oxygens (including phenoxy) is 2. The quantitative estimate of drug-likeness (QED) is 0.273. The number of carbonyl (C=O) groups excluding carboxylic acids is 2. The number of anilines is 1. The van der Waals surface area contributed by atoms with E-state index in [0.717, 1.165) is 60.7 Å². The predicted octanol–water partition coefficient (Wildman–Crippen LogP) is 5.51. The molecule has 8 nitrogen and oxygen atoms in total. The van der Waals surface area contributed by atoms with Gasteiger partial charge < -0.3 is 29.1 Å². The van der Waals surface area contributed by atoms with Crippen molar-refractivity contribution in [3.8, 4) is 11.5 Å². The number of methoxy groups -OCH3 is 2. The summed E-state index contributed by atoms with van der Waals surface area (Å²) in [5, 5.41) is 0. The first kappa shape index (κ1) is 31.3. The summed E-state index contributed by atoms with van der Waals surface area (Å²) in [5.74, 6) is 0.901. The molecule has 2 amide bonds. The molecule has 3 aromatic rings. The van der Waals surface area contributed by atoms with Crippen LogP contribution in [0.1, 0.15) is 59.8 Å². The van der Waals surface area contributed by atoms with E-state index in [1.165, 1.54) is 12.1 Å². The number of piperazine rings is 1. The highest BCUT2D eigenvalue weighted by atomic mass is 19.1. The summed E-state index contributed by atoms with van der Waals surface area (Å²) >= 11 is 0. The van der Waals surface area contributed by atoms with E-state index in [0.29, 0.717) is 44.0 Å². The fourth-order valence-corrected chi connectivity index (χ4v) is 6.39. The van der Waals surface area contributed by atoms with Crippen LogP contribution in [0, 0.1) is 5.82 Å². The van der Waals surface area contributed by atoms with Gasteiger partial charge >= 0.3 is 0 Å². The maximum absolute atomic E-state index is 14.0. The summed E-state index contributed by atoms with van der Waals surface area (Å²) in [6, 6.07) is 17.9. The lowest BCUT2D eigenvalue weighted by Gasteiger charge is -2.36. The van der Waals surface area contributed by atoms with Gasteiger partial charge in [0, 0.05) is 69.6 Å². The van der Waals surface area contributed by atoms with Crippen LogP contribution in [0.25, 0.3) is 0 Å². The van der Waals surface area contributed by atoms with Crippen molar-refractivity contribution in [3.05, 3.63) is 88.7 Å². The molecular formula is C35H43FN4O4. The average molecular weight is 603 g/mol. The zero-order valence-electron chi connectivity index (χ0n) is 26.2. The standard InChI is InChI=1S/C35H43FN4O4/c1-5-37-18-20-38(21-19-37)32-9-6-8-29-30(32)24-40(35(29)42)31(27-13-16-33(43-3)34(22-27)44-4)10-7-17-39(25(2)41)23-26-11-14-28(36)15-12-26/h6,8-9,11-16,22,31H,5,7,10,17-21,23-24H2,1-4H3/t31-/m1/s1. The van der Waals surface area contributed by atoms with Crippen LogP contribution < -0.4 is 14.4 Å². The van der Waals surface area contributed by atoms with Crippen LogP contribution >= 0.6 is 0 Å². The molecule has 234 valence electrons. The van der Waals surface area contributed by atoms with E-state index in [4.69, 9.17) is 9.47 Å². The number of likely N-dealkylation sites (N-methyl/N-ethyl adjacent to an activating group) is 1. The van der Waals surface area contributed by atoms with Crippen molar-refractivity contribution in [2.75, 3.05) is 58.4 Å². The molecule has 0 saturated carbocycles.